The van der Waals surface area contributed by atoms with Crippen molar-refractivity contribution in [3.63, 3.8) is 0 Å². The van der Waals surface area contributed by atoms with Gasteiger partial charge >= 0.3 is 0 Å². The fraction of sp³-hybridized carbons (Fsp3) is 0.167. The van der Waals surface area contributed by atoms with Crippen LogP contribution in [0.25, 0.3) is 0 Å². The van der Waals surface area contributed by atoms with Gasteiger partial charge in [0.05, 0.1) is 0 Å². The van der Waals surface area contributed by atoms with Crippen LogP contribution in [0.15, 0.2) is 73.4 Å². The normalized spacial score (nSPS) is 16.7. The molecule has 9 heteroatoms. The Morgan fingerprint density at radius 2 is 1.61 bits per heavy atom. The van der Waals surface area contributed by atoms with Crippen molar-refractivity contribution in [1.29, 1.82) is 0 Å². The van der Waals surface area contributed by atoms with Crippen molar-refractivity contribution in [1.82, 2.24) is 15.3 Å². The molecule has 4 rings (SSSR count). The van der Waals surface area contributed by atoms with E-state index >= 15 is 0 Å². The van der Waals surface area contributed by atoms with E-state index in [0.29, 0.717) is 17.4 Å². The maximum absolute atomic E-state index is 11.8. The molecule has 0 spiro atoms. The van der Waals surface area contributed by atoms with Gasteiger partial charge in [-0.1, -0.05) is 24.8 Å². The summed E-state index contributed by atoms with van der Waals surface area (Å²) >= 11 is 0. The molecule has 0 bridgehead atoms. The number of carbonyl (C=O) groups excluding carboxylic acids is 2. The van der Waals surface area contributed by atoms with Crippen molar-refractivity contribution in [3.8, 4) is 23.1 Å². The minimum absolute atomic E-state index is 0.0487. The summed E-state index contributed by atoms with van der Waals surface area (Å²) in [6, 6.07) is 16.5. The van der Waals surface area contributed by atoms with Gasteiger partial charge in [-0.25, -0.2) is 4.98 Å². The molecule has 168 valence electrons. The summed E-state index contributed by atoms with van der Waals surface area (Å²) in [7, 11) is 0. The van der Waals surface area contributed by atoms with Crippen molar-refractivity contribution in [2.75, 3.05) is 5.32 Å². The number of hydrogen-bond donors (Lipinski definition) is 3. The number of nitrogens with zero attached hydrogens (tertiary/aromatic N) is 2. The summed E-state index contributed by atoms with van der Waals surface area (Å²) in [6.45, 7) is 3.44. The second kappa shape index (κ2) is 9.82. The molecule has 0 atom stereocenters. The summed E-state index contributed by atoms with van der Waals surface area (Å²) in [5.74, 6) is 1.27. The Labute approximate surface area is 190 Å². The number of primary amides is 1. The Morgan fingerprint density at radius 3 is 2.24 bits per heavy atom. The highest BCUT2D eigenvalue weighted by Gasteiger charge is 2.30. The van der Waals surface area contributed by atoms with Crippen LogP contribution in [-0.2, 0) is 4.79 Å². The zero-order chi connectivity index (χ0) is 23.2. The van der Waals surface area contributed by atoms with Crippen molar-refractivity contribution in [3.05, 3.63) is 79.0 Å². The maximum atomic E-state index is 11.8. The Balaban J connectivity index is 1.41. The topological polar surface area (TPSA) is 128 Å². The molecule has 33 heavy (non-hydrogen) atoms. The molecule has 1 aromatic heterocycles. The average molecular weight is 445 g/mol. The Morgan fingerprint density at radius 1 is 0.970 bits per heavy atom. The number of nitrogens with two attached hydrogens (primary N) is 1. The van der Waals surface area contributed by atoms with Crippen molar-refractivity contribution in [2.45, 2.75) is 24.9 Å². The van der Waals surface area contributed by atoms with Gasteiger partial charge in [0.1, 0.15) is 22.8 Å². The first-order chi connectivity index (χ1) is 16.0. The van der Waals surface area contributed by atoms with Crippen LogP contribution in [0.4, 0.5) is 5.95 Å². The fourth-order valence-electron chi connectivity index (χ4n) is 3.29. The van der Waals surface area contributed by atoms with Crippen LogP contribution in [0.5, 0.6) is 23.1 Å². The molecule has 1 heterocycles. The number of aromatic nitrogens is 2. The van der Waals surface area contributed by atoms with E-state index in [0.717, 1.165) is 18.6 Å². The fourth-order valence-corrected chi connectivity index (χ4v) is 3.29. The second-order valence-corrected chi connectivity index (χ2v) is 7.49. The van der Waals surface area contributed by atoms with E-state index < -0.39 is 5.91 Å². The summed E-state index contributed by atoms with van der Waals surface area (Å²) in [4.78, 5) is 31.7. The van der Waals surface area contributed by atoms with Crippen LogP contribution < -0.4 is 25.8 Å². The van der Waals surface area contributed by atoms with E-state index in [1.54, 1.807) is 24.3 Å². The van der Waals surface area contributed by atoms with Gasteiger partial charge in [0.2, 0.25) is 17.7 Å². The van der Waals surface area contributed by atoms with Crippen LogP contribution in [0.1, 0.15) is 23.2 Å². The van der Waals surface area contributed by atoms with Crippen molar-refractivity contribution >= 4 is 17.8 Å². The summed E-state index contributed by atoms with van der Waals surface area (Å²) < 4.78 is 11.6. The quantitative estimate of drug-likeness (QED) is 0.431. The molecular formula is C24H23N5O4. The lowest BCUT2D eigenvalue weighted by Gasteiger charge is -2.36. The van der Waals surface area contributed by atoms with Gasteiger partial charge in [0.15, 0.2) is 0 Å². The van der Waals surface area contributed by atoms with Crippen molar-refractivity contribution < 1.29 is 19.1 Å². The number of para-hydroxylation sites is 1. The lowest BCUT2D eigenvalue weighted by molar-refractivity contribution is -0.117. The largest absolute Gasteiger partial charge is 0.457 e. The van der Waals surface area contributed by atoms with E-state index in [-0.39, 0.29) is 29.4 Å². The van der Waals surface area contributed by atoms with Crippen molar-refractivity contribution in [2.24, 2.45) is 5.73 Å². The lowest BCUT2D eigenvalue weighted by Crippen LogP contribution is -2.49. The molecule has 9 nitrogen and oxygen atoms in total. The molecule has 4 N–H and O–H groups in total. The Hall–Kier alpha value is -4.40. The first-order valence-corrected chi connectivity index (χ1v) is 10.4. The van der Waals surface area contributed by atoms with E-state index in [9.17, 15) is 9.59 Å². The van der Waals surface area contributed by atoms with E-state index in [2.05, 4.69) is 27.2 Å². The van der Waals surface area contributed by atoms with Crippen LogP contribution in [0.2, 0.25) is 0 Å². The highest BCUT2D eigenvalue weighted by molar-refractivity contribution is 5.95. The number of rotatable bonds is 9. The molecule has 2 aromatic carbocycles. The maximum Gasteiger partial charge on any atom is 0.255 e. The number of benzene rings is 2. The second-order valence-electron chi connectivity index (χ2n) is 7.49. The molecule has 1 saturated carbocycles. The predicted octanol–water partition coefficient (Wildman–Crippen LogP) is 3.41. The summed E-state index contributed by atoms with van der Waals surface area (Å²) in [5, 5.41) is 6.01. The van der Waals surface area contributed by atoms with E-state index in [1.807, 2.05) is 30.3 Å². The standard InChI is InChI=1S/C24H23N5O4/c1-2-21(30)27-15-12-16(13-15)28-24-26-14-20(22(25)31)23(29-24)33-19-10-8-18(9-11-19)32-17-6-4-3-5-7-17/h2-11,14-16H,1,12-13H2,(H2,25,31)(H,27,30)(H,26,28,29). The molecule has 0 aliphatic heterocycles. The third-order valence-corrected chi connectivity index (χ3v) is 5.04. The molecule has 1 fully saturated rings. The summed E-state index contributed by atoms with van der Waals surface area (Å²) in [5.41, 5.74) is 5.52. The minimum Gasteiger partial charge on any atom is -0.457 e. The first-order valence-electron chi connectivity index (χ1n) is 10.4. The SMILES string of the molecule is C=CC(=O)NC1CC(Nc2ncc(C(N)=O)c(Oc3ccc(Oc4ccccc4)cc3)n2)C1. The van der Waals surface area contributed by atoms with Gasteiger partial charge in [-0.05, 0) is 55.3 Å². The Bertz CT molecular complexity index is 1150. The van der Waals surface area contributed by atoms with E-state index in [1.165, 1.54) is 12.3 Å². The minimum atomic E-state index is -0.698. The molecule has 1 aliphatic rings. The number of ether oxygens (including phenoxy) is 2. The average Bonchev–Trinajstić information content (AvgIpc) is 2.79. The zero-order valence-electron chi connectivity index (χ0n) is 17.7. The zero-order valence-corrected chi connectivity index (χ0v) is 17.7. The number of hydrogen-bond acceptors (Lipinski definition) is 7. The highest BCUT2D eigenvalue weighted by Crippen LogP contribution is 2.29. The monoisotopic (exact) mass is 445 g/mol. The smallest absolute Gasteiger partial charge is 0.255 e. The van der Waals surface area contributed by atoms with Crippen LogP contribution in [0.3, 0.4) is 0 Å². The number of amides is 2. The molecule has 0 unspecified atom stereocenters. The van der Waals surface area contributed by atoms with Crippen LogP contribution in [-0.4, -0.2) is 33.9 Å². The van der Waals surface area contributed by atoms with Gasteiger partial charge in [0.25, 0.3) is 5.91 Å². The molecule has 0 saturated heterocycles. The third kappa shape index (κ3) is 5.65. The summed E-state index contributed by atoms with van der Waals surface area (Å²) in [6.07, 6.45) is 4.02. The first kappa shape index (κ1) is 21.8. The van der Waals surface area contributed by atoms with Gasteiger partial charge < -0.3 is 25.8 Å². The molecular weight excluding hydrogens is 422 g/mol. The highest BCUT2D eigenvalue weighted by atomic mass is 16.5. The third-order valence-electron chi connectivity index (χ3n) is 5.04. The predicted molar refractivity (Wildman–Crippen MR) is 122 cm³/mol. The number of anilines is 1. The van der Waals surface area contributed by atoms with Crippen LogP contribution >= 0.6 is 0 Å². The molecule has 2 amide bonds. The van der Waals surface area contributed by atoms with E-state index in [4.69, 9.17) is 15.2 Å². The van der Waals surface area contributed by atoms with Gasteiger partial charge in [-0.3, -0.25) is 9.59 Å². The van der Waals surface area contributed by atoms with Gasteiger partial charge in [-0.2, -0.15) is 4.98 Å². The van der Waals surface area contributed by atoms with Crippen LogP contribution in [0, 0.1) is 0 Å². The number of carbonyl (C=O) groups is 2. The lowest BCUT2D eigenvalue weighted by atomic mass is 9.87. The molecule has 3 aromatic rings. The number of nitrogens with one attached hydrogen (secondary N) is 2. The van der Waals surface area contributed by atoms with Gasteiger partial charge in [-0.15, -0.1) is 0 Å². The molecule has 0 radical (unpaired) electrons. The Kier molecular flexibility index (Phi) is 6.49. The van der Waals surface area contributed by atoms with Gasteiger partial charge in [0, 0.05) is 18.3 Å². The molecule has 1 aliphatic carbocycles.